The summed E-state index contributed by atoms with van der Waals surface area (Å²) in [6, 6.07) is 9.42. The van der Waals surface area contributed by atoms with E-state index in [1.165, 1.54) is 19.2 Å². The normalized spacial score (nSPS) is 14.6. The maximum absolute atomic E-state index is 14.4. The fourth-order valence-corrected chi connectivity index (χ4v) is 4.40. The molecule has 1 aromatic heterocycles. The van der Waals surface area contributed by atoms with Gasteiger partial charge in [-0.05, 0) is 24.6 Å². The summed E-state index contributed by atoms with van der Waals surface area (Å²) in [5, 5.41) is 0.209. The van der Waals surface area contributed by atoms with Crippen molar-refractivity contribution in [1.29, 1.82) is 0 Å². The van der Waals surface area contributed by atoms with Crippen molar-refractivity contribution in [1.82, 2.24) is 4.72 Å². The largest absolute Gasteiger partial charge is 0.588 e. The van der Waals surface area contributed by atoms with Gasteiger partial charge in [0.1, 0.15) is 22.8 Å². The third-order valence-corrected chi connectivity index (χ3v) is 6.11. The van der Waals surface area contributed by atoms with E-state index < -0.39 is 23.1 Å². The summed E-state index contributed by atoms with van der Waals surface area (Å²) in [6.45, 7) is 1.74. The molecule has 9 heteroatoms. The Morgan fingerprint density at radius 3 is 2.79 bits per heavy atom. The van der Waals surface area contributed by atoms with Crippen molar-refractivity contribution in [3.63, 3.8) is 0 Å². The van der Waals surface area contributed by atoms with Crippen LogP contribution < -0.4 is 14.4 Å². The van der Waals surface area contributed by atoms with Gasteiger partial charge in [-0.15, -0.1) is 0 Å². The van der Waals surface area contributed by atoms with Crippen molar-refractivity contribution in [2.24, 2.45) is 0 Å². The van der Waals surface area contributed by atoms with E-state index in [1.807, 2.05) is 4.90 Å². The van der Waals surface area contributed by atoms with Crippen molar-refractivity contribution in [3.8, 4) is 5.75 Å². The molecule has 0 spiro atoms. The molecule has 1 aliphatic rings. The van der Waals surface area contributed by atoms with Crippen LogP contribution in [0.15, 0.2) is 50.2 Å². The van der Waals surface area contributed by atoms with Crippen LogP contribution in [-0.4, -0.2) is 30.7 Å². The number of amides is 1. The zero-order valence-corrected chi connectivity index (χ0v) is 17.2. The lowest BCUT2D eigenvalue weighted by Gasteiger charge is -2.33. The second kappa shape index (κ2) is 7.65. The minimum Gasteiger partial charge on any atom is -0.588 e. The number of carbonyl (C=O) groups excluding carboxylic acids is 1. The maximum Gasteiger partial charge on any atom is 0.328 e. The Morgan fingerprint density at radius 2 is 2.11 bits per heavy atom. The Balaban J connectivity index is 1.58. The van der Waals surface area contributed by atoms with E-state index in [2.05, 4.69) is 20.7 Å². The van der Waals surface area contributed by atoms with Gasteiger partial charge in [0.2, 0.25) is 4.90 Å². The van der Waals surface area contributed by atoms with Crippen molar-refractivity contribution in [2.45, 2.75) is 11.3 Å². The molecule has 2 aromatic carbocycles. The third kappa shape index (κ3) is 3.57. The lowest BCUT2D eigenvalue weighted by Crippen LogP contribution is -2.36. The first-order valence-corrected chi connectivity index (χ1v) is 10.4. The topological polar surface area (TPSA) is 77.8 Å². The summed E-state index contributed by atoms with van der Waals surface area (Å²) >= 11 is 1.42. The lowest BCUT2D eigenvalue weighted by atomic mass is 10.1. The van der Waals surface area contributed by atoms with Gasteiger partial charge in [-0.25, -0.2) is 4.39 Å². The molecule has 1 fully saturated rings. The Labute approximate surface area is 172 Å². The monoisotopic (exact) mass is 466 g/mol. The Kier molecular flexibility index (Phi) is 5.22. The zero-order valence-electron chi connectivity index (χ0n) is 14.8. The molecular formula is C19H16BrFN2O4S. The van der Waals surface area contributed by atoms with E-state index in [0.29, 0.717) is 15.1 Å². The minimum absolute atomic E-state index is 0.114. The predicted molar refractivity (Wildman–Crippen MR) is 108 cm³/mol. The van der Waals surface area contributed by atoms with Gasteiger partial charge < -0.3 is 18.6 Å². The average molecular weight is 467 g/mol. The molecule has 4 rings (SSSR count). The fourth-order valence-electron chi connectivity index (χ4n) is 2.94. The molecule has 1 saturated heterocycles. The SMILES string of the molecule is COc1ccc(Br)cc1[S+]([O-])NC(=O)c1cc2c(F)cc(N3CCC3)cc2o1. The number of halogens is 2. The summed E-state index contributed by atoms with van der Waals surface area (Å²) in [7, 11) is 1.45. The lowest BCUT2D eigenvalue weighted by molar-refractivity contribution is 0.0956. The number of benzene rings is 2. The van der Waals surface area contributed by atoms with E-state index in [9.17, 15) is 13.7 Å². The summed E-state index contributed by atoms with van der Waals surface area (Å²) in [6.07, 6.45) is 1.07. The summed E-state index contributed by atoms with van der Waals surface area (Å²) in [5.74, 6) is -0.910. The van der Waals surface area contributed by atoms with Crippen LogP contribution >= 0.6 is 15.9 Å². The van der Waals surface area contributed by atoms with Gasteiger partial charge in [0.15, 0.2) is 11.5 Å². The van der Waals surface area contributed by atoms with Gasteiger partial charge >= 0.3 is 5.91 Å². The number of hydrogen-bond donors (Lipinski definition) is 1. The second-order valence-corrected chi connectivity index (χ2v) is 8.38. The summed E-state index contributed by atoms with van der Waals surface area (Å²) in [5.41, 5.74) is 0.998. The van der Waals surface area contributed by atoms with Gasteiger partial charge in [-0.3, -0.25) is 4.79 Å². The molecule has 0 saturated carbocycles. The molecule has 1 aliphatic heterocycles. The number of methoxy groups -OCH3 is 1. The van der Waals surface area contributed by atoms with Crippen LogP contribution in [0.1, 0.15) is 17.0 Å². The van der Waals surface area contributed by atoms with Crippen LogP contribution in [-0.2, 0) is 11.4 Å². The van der Waals surface area contributed by atoms with Crippen molar-refractivity contribution in [2.75, 3.05) is 25.1 Å². The molecular weight excluding hydrogens is 451 g/mol. The van der Waals surface area contributed by atoms with Crippen molar-refractivity contribution in [3.05, 3.63) is 52.4 Å². The van der Waals surface area contributed by atoms with Gasteiger partial charge in [0.25, 0.3) is 0 Å². The molecule has 1 amide bonds. The van der Waals surface area contributed by atoms with E-state index in [0.717, 1.165) is 25.2 Å². The van der Waals surface area contributed by atoms with Crippen LogP contribution in [0.4, 0.5) is 10.1 Å². The second-order valence-electron chi connectivity index (χ2n) is 6.29. The first-order valence-electron chi connectivity index (χ1n) is 8.50. The fraction of sp³-hybridized carbons (Fsp3) is 0.211. The van der Waals surface area contributed by atoms with Crippen LogP contribution in [0.2, 0.25) is 0 Å². The van der Waals surface area contributed by atoms with E-state index in [4.69, 9.17) is 9.15 Å². The number of carbonyl (C=O) groups is 1. The number of fused-ring (bicyclic) bond motifs is 1. The third-order valence-electron chi connectivity index (χ3n) is 4.53. The van der Waals surface area contributed by atoms with Crippen molar-refractivity contribution >= 4 is 49.9 Å². The molecule has 0 radical (unpaired) electrons. The number of nitrogens with zero attached hydrogens (tertiary/aromatic N) is 1. The van der Waals surface area contributed by atoms with Gasteiger partial charge in [-0.1, -0.05) is 15.9 Å². The molecule has 3 aromatic rings. The Hall–Kier alpha value is -2.23. The number of furan rings is 1. The molecule has 0 bridgehead atoms. The molecule has 146 valence electrons. The van der Waals surface area contributed by atoms with E-state index >= 15 is 0 Å². The van der Waals surface area contributed by atoms with E-state index in [1.54, 1.807) is 24.3 Å². The predicted octanol–water partition coefficient (Wildman–Crippen LogP) is 4.01. The maximum atomic E-state index is 14.4. The zero-order chi connectivity index (χ0) is 19.8. The first-order chi connectivity index (χ1) is 13.5. The minimum atomic E-state index is -1.88. The number of ether oxygens (including phenoxy) is 1. The smallest absolute Gasteiger partial charge is 0.328 e. The highest BCUT2D eigenvalue weighted by molar-refractivity contribution is 9.10. The summed E-state index contributed by atoms with van der Waals surface area (Å²) in [4.78, 5) is 14.8. The van der Waals surface area contributed by atoms with Gasteiger partial charge in [-0.2, -0.15) is 4.72 Å². The molecule has 1 atom stereocenters. The van der Waals surface area contributed by atoms with Crippen LogP contribution in [0.3, 0.4) is 0 Å². The van der Waals surface area contributed by atoms with Crippen LogP contribution in [0.5, 0.6) is 5.75 Å². The summed E-state index contributed by atoms with van der Waals surface area (Å²) < 4.78 is 40.8. The highest BCUT2D eigenvalue weighted by Gasteiger charge is 2.25. The molecule has 1 unspecified atom stereocenters. The number of anilines is 1. The first kappa shape index (κ1) is 19.1. The molecule has 6 nitrogen and oxygen atoms in total. The molecule has 1 N–H and O–H groups in total. The highest BCUT2D eigenvalue weighted by Crippen LogP contribution is 2.31. The molecule has 0 aliphatic carbocycles. The van der Waals surface area contributed by atoms with E-state index in [-0.39, 0.29) is 16.7 Å². The number of rotatable bonds is 5. The average Bonchev–Trinajstić information content (AvgIpc) is 3.05. The standard InChI is InChI=1S/C19H16BrFN2O4S/c1-26-15-4-3-11(20)7-18(15)28(25)22-19(24)17-10-13-14(21)8-12(9-16(13)27-17)23-5-2-6-23/h3-4,7-10H,2,5-6H2,1H3,(H,22,24). The number of nitrogens with one attached hydrogen (secondary N) is 1. The Morgan fingerprint density at radius 1 is 1.32 bits per heavy atom. The van der Waals surface area contributed by atoms with Crippen LogP contribution in [0.25, 0.3) is 11.0 Å². The number of hydrogen-bond acceptors (Lipinski definition) is 5. The highest BCUT2D eigenvalue weighted by atomic mass is 79.9. The van der Waals surface area contributed by atoms with Gasteiger partial charge in [0, 0.05) is 41.4 Å². The quantitative estimate of drug-likeness (QED) is 0.574. The van der Waals surface area contributed by atoms with Crippen LogP contribution in [0, 0.1) is 5.82 Å². The Bertz CT molecular complexity index is 1050. The van der Waals surface area contributed by atoms with Gasteiger partial charge in [0.05, 0.1) is 12.5 Å². The van der Waals surface area contributed by atoms with Crippen molar-refractivity contribution < 1.29 is 22.9 Å². The molecule has 28 heavy (non-hydrogen) atoms. The molecule has 2 heterocycles.